The van der Waals surface area contributed by atoms with Crippen LogP contribution in [0, 0.1) is 0 Å². The highest BCUT2D eigenvalue weighted by Gasteiger charge is 2.23. The quantitative estimate of drug-likeness (QED) is 0.252. The van der Waals surface area contributed by atoms with E-state index in [2.05, 4.69) is 0 Å². The number of halogens is 4. The summed E-state index contributed by atoms with van der Waals surface area (Å²) >= 11 is 24.5. The van der Waals surface area contributed by atoms with Crippen LogP contribution in [0.4, 0.5) is 0 Å². The summed E-state index contributed by atoms with van der Waals surface area (Å²) in [7, 11) is 0. The van der Waals surface area contributed by atoms with Crippen molar-refractivity contribution in [1.82, 2.24) is 0 Å². The molecule has 0 aliphatic carbocycles. The highest BCUT2D eigenvalue weighted by Crippen LogP contribution is 2.34. The summed E-state index contributed by atoms with van der Waals surface area (Å²) in [5, 5.41) is 1.73. The first-order valence-corrected chi connectivity index (χ1v) is 14.9. The van der Waals surface area contributed by atoms with Crippen molar-refractivity contribution in [3.05, 3.63) is 97.0 Å². The molecular formula is C32H30Cl4O5. The van der Waals surface area contributed by atoms with Crippen molar-refractivity contribution in [3.8, 4) is 11.5 Å². The summed E-state index contributed by atoms with van der Waals surface area (Å²) in [6.07, 6.45) is 7.10. The zero-order valence-electron chi connectivity index (χ0n) is 22.6. The summed E-state index contributed by atoms with van der Waals surface area (Å²) in [4.78, 5) is 25.7. The molecule has 0 N–H and O–H groups in total. The van der Waals surface area contributed by atoms with E-state index in [1.165, 1.54) is 0 Å². The van der Waals surface area contributed by atoms with Gasteiger partial charge in [-0.05, 0) is 79.6 Å². The number of ether oxygens (including phenoxy) is 3. The third-order valence-electron chi connectivity index (χ3n) is 6.58. The molecule has 216 valence electrons. The molecule has 1 aliphatic heterocycles. The maximum atomic E-state index is 13.5. The van der Waals surface area contributed by atoms with Gasteiger partial charge >= 0.3 is 5.97 Å². The third-order valence-corrected chi connectivity index (χ3v) is 8.05. The molecule has 0 bridgehead atoms. The van der Waals surface area contributed by atoms with Crippen molar-refractivity contribution in [2.45, 2.75) is 64.8 Å². The Balaban J connectivity index is 1.69. The van der Waals surface area contributed by atoms with Crippen LogP contribution in [0.15, 0.2) is 54.6 Å². The molecule has 0 amide bonds. The molecule has 0 radical (unpaired) electrons. The standard InChI is InChI=1S/C32H30Cl4O5/c1-20-6-5-9-24(37)8-4-2-3-7-23-16-25(39-18-21-10-12-26(33)28(35)14-21)17-30(31(23)32(38)41-20)40-19-22-11-13-27(34)29(36)15-22/h3,7,10-17,20H,2,4-6,8-9,18-19H2,1H3/b7-3-/t20-/m0/s1. The van der Waals surface area contributed by atoms with Gasteiger partial charge < -0.3 is 14.2 Å². The van der Waals surface area contributed by atoms with Gasteiger partial charge in [-0.3, -0.25) is 4.79 Å². The number of cyclic esters (lactones) is 1. The van der Waals surface area contributed by atoms with Crippen LogP contribution in [0.25, 0.3) is 6.08 Å². The SMILES string of the molecule is C[C@H]1CCCC(=O)CCC/C=C\c2cc(OCc3ccc(Cl)c(Cl)c3)cc(OCc3ccc(Cl)c(Cl)c3)c2C(=O)O1. The largest absolute Gasteiger partial charge is 0.489 e. The van der Waals surface area contributed by atoms with E-state index in [-0.39, 0.29) is 25.1 Å². The average molecular weight is 636 g/mol. The van der Waals surface area contributed by atoms with Crippen LogP contribution in [0.2, 0.25) is 20.1 Å². The minimum atomic E-state index is -0.513. The van der Waals surface area contributed by atoms with Gasteiger partial charge in [-0.1, -0.05) is 70.7 Å². The normalized spacial score (nSPS) is 17.2. The topological polar surface area (TPSA) is 61.8 Å². The number of ketones is 1. The van der Waals surface area contributed by atoms with Gasteiger partial charge in [-0.15, -0.1) is 0 Å². The Morgan fingerprint density at radius 3 is 2.10 bits per heavy atom. The van der Waals surface area contributed by atoms with Crippen LogP contribution >= 0.6 is 46.4 Å². The van der Waals surface area contributed by atoms with E-state index >= 15 is 0 Å². The third kappa shape index (κ3) is 9.14. The monoisotopic (exact) mass is 634 g/mol. The fourth-order valence-electron chi connectivity index (χ4n) is 4.38. The van der Waals surface area contributed by atoms with Gasteiger partial charge in [0.05, 0.1) is 26.2 Å². The van der Waals surface area contributed by atoms with Crippen molar-refractivity contribution >= 4 is 64.2 Å². The number of hydrogen-bond acceptors (Lipinski definition) is 5. The van der Waals surface area contributed by atoms with Crippen molar-refractivity contribution in [3.63, 3.8) is 0 Å². The Morgan fingerprint density at radius 2 is 1.44 bits per heavy atom. The van der Waals surface area contributed by atoms with E-state index in [1.54, 1.807) is 42.5 Å². The van der Waals surface area contributed by atoms with Crippen LogP contribution in [0.5, 0.6) is 11.5 Å². The maximum Gasteiger partial charge on any atom is 0.342 e. The lowest BCUT2D eigenvalue weighted by Gasteiger charge is -2.19. The Bertz CT molecular complexity index is 1440. The molecule has 41 heavy (non-hydrogen) atoms. The van der Waals surface area contributed by atoms with Crippen molar-refractivity contribution in [2.75, 3.05) is 0 Å². The molecule has 0 fully saturated rings. The molecule has 5 nitrogen and oxygen atoms in total. The predicted octanol–water partition coefficient (Wildman–Crippen LogP) is 9.94. The molecule has 3 aromatic rings. The molecule has 0 saturated heterocycles. The summed E-state index contributed by atoms with van der Waals surface area (Å²) < 4.78 is 18.1. The first-order valence-electron chi connectivity index (χ1n) is 13.4. The lowest BCUT2D eigenvalue weighted by Crippen LogP contribution is -2.18. The summed E-state index contributed by atoms with van der Waals surface area (Å²) in [5.74, 6) is 0.508. The van der Waals surface area contributed by atoms with Crippen molar-refractivity contribution in [1.29, 1.82) is 0 Å². The van der Waals surface area contributed by atoms with Gasteiger partial charge in [0.1, 0.15) is 36.1 Å². The van der Waals surface area contributed by atoms with Crippen LogP contribution in [0.1, 0.15) is 72.5 Å². The number of Topliss-reactive ketones (excluding diaryl/α,β-unsaturated/α-hetero) is 1. The maximum absolute atomic E-state index is 13.5. The molecule has 9 heteroatoms. The summed E-state index contributed by atoms with van der Waals surface area (Å²) in [6.45, 7) is 2.18. The Kier molecular flexibility index (Phi) is 11.4. The fraction of sp³-hybridized carbons (Fsp3) is 0.312. The van der Waals surface area contributed by atoms with Crippen LogP contribution in [0.3, 0.4) is 0 Å². The zero-order valence-corrected chi connectivity index (χ0v) is 25.6. The number of carbonyl (C=O) groups is 2. The van der Waals surface area contributed by atoms with Gasteiger partial charge in [-0.25, -0.2) is 4.79 Å². The smallest absolute Gasteiger partial charge is 0.342 e. The molecular weight excluding hydrogens is 606 g/mol. The van der Waals surface area contributed by atoms with Crippen molar-refractivity contribution in [2.24, 2.45) is 0 Å². The first kappa shape index (κ1) is 31.2. The van der Waals surface area contributed by atoms with Crippen LogP contribution in [-0.2, 0) is 22.7 Å². The molecule has 1 atom stereocenters. The minimum Gasteiger partial charge on any atom is -0.489 e. The summed E-state index contributed by atoms with van der Waals surface area (Å²) in [5.41, 5.74) is 2.48. The Hall–Kier alpha value is -2.70. The highest BCUT2D eigenvalue weighted by molar-refractivity contribution is 6.42. The lowest BCUT2D eigenvalue weighted by molar-refractivity contribution is -0.119. The number of fused-ring (bicyclic) bond motifs is 1. The van der Waals surface area contributed by atoms with E-state index in [4.69, 9.17) is 60.6 Å². The van der Waals surface area contributed by atoms with Crippen molar-refractivity contribution < 1.29 is 23.8 Å². The second-order valence-electron chi connectivity index (χ2n) is 9.90. The molecule has 3 aromatic carbocycles. The van der Waals surface area contributed by atoms with Gasteiger partial charge in [-0.2, -0.15) is 0 Å². The molecule has 0 spiro atoms. The molecule has 0 aromatic heterocycles. The number of hydrogen-bond donors (Lipinski definition) is 0. The van der Waals surface area contributed by atoms with Gasteiger partial charge in [0.2, 0.25) is 0 Å². The molecule has 1 heterocycles. The summed E-state index contributed by atoms with van der Waals surface area (Å²) in [6, 6.07) is 13.9. The zero-order chi connectivity index (χ0) is 29.4. The van der Waals surface area contributed by atoms with E-state index in [0.717, 1.165) is 17.5 Å². The number of rotatable bonds is 6. The van der Waals surface area contributed by atoms with Gasteiger partial charge in [0.25, 0.3) is 0 Å². The predicted molar refractivity (Wildman–Crippen MR) is 165 cm³/mol. The molecule has 1 aliphatic rings. The van der Waals surface area contributed by atoms with Crippen LogP contribution < -0.4 is 9.47 Å². The molecule has 4 rings (SSSR count). The van der Waals surface area contributed by atoms with E-state index in [1.807, 2.05) is 25.1 Å². The van der Waals surface area contributed by atoms with E-state index < -0.39 is 5.97 Å². The van der Waals surface area contributed by atoms with E-state index in [0.29, 0.717) is 74.8 Å². The first-order chi connectivity index (χ1) is 19.7. The number of esters is 1. The average Bonchev–Trinajstić information content (AvgIpc) is 2.93. The molecule has 0 saturated carbocycles. The Labute approximate surface area is 260 Å². The second-order valence-corrected chi connectivity index (χ2v) is 11.5. The van der Waals surface area contributed by atoms with Crippen LogP contribution in [-0.4, -0.2) is 17.9 Å². The molecule has 0 unspecified atom stereocenters. The van der Waals surface area contributed by atoms with Gasteiger partial charge in [0.15, 0.2) is 0 Å². The minimum absolute atomic E-state index is 0.133. The Morgan fingerprint density at radius 1 is 0.805 bits per heavy atom. The lowest BCUT2D eigenvalue weighted by atomic mass is 10.0. The fourth-order valence-corrected chi connectivity index (χ4v) is 5.03. The second kappa shape index (κ2) is 15.0. The number of allylic oxidation sites excluding steroid dienone is 1. The van der Waals surface area contributed by atoms with E-state index in [9.17, 15) is 9.59 Å². The van der Waals surface area contributed by atoms with Gasteiger partial charge in [0, 0.05) is 18.9 Å². The number of benzene rings is 3. The highest BCUT2D eigenvalue weighted by atomic mass is 35.5. The number of carbonyl (C=O) groups excluding carboxylic acids is 2.